The van der Waals surface area contributed by atoms with Crippen molar-refractivity contribution in [2.24, 2.45) is 17.6 Å². The van der Waals surface area contributed by atoms with E-state index in [1.165, 1.54) is 12.0 Å². The molecule has 6 nitrogen and oxygen atoms in total. The number of rotatable bonds is 6. The molecule has 0 bridgehead atoms. The van der Waals surface area contributed by atoms with Crippen LogP contribution in [-0.2, 0) is 0 Å². The number of pyridine rings is 1. The molecule has 1 aliphatic heterocycles. The second-order valence-electron chi connectivity index (χ2n) is 8.18. The highest BCUT2D eigenvalue weighted by Gasteiger charge is 2.35. The summed E-state index contributed by atoms with van der Waals surface area (Å²) in [6, 6.07) is 12.4. The van der Waals surface area contributed by atoms with E-state index in [0.717, 1.165) is 11.6 Å². The summed E-state index contributed by atoms with van der Waals surface area (Å²) in [6.45, 7) is 6.54. The second-order valence-corrected chi connectivity index (χ2v) is 8.18. The summed E-state index contributed by atoms with van der Waals surface area (Å²) in [7, 11) is 0. The molecule has 0 spiro atoms. The van der Waals surface area contributed by atoms with Crippen molar-refractivity contribution >= 4 is 5.91 Å². The highest BCUT2D eigenvalue weighted by molar-refractivity contribution is 5.95. The van der Waals surface area contributed by atoms with Crippen LogP contribution < -0.4 is 15.8 Å². The van der Waals surface area contributed by atoms with Crippen LogP contribution >= 0.6 is 0 Å². The summed E-state index contributed by atoms with van der Waals surface area (Å²) in [6.07, 6.45) is 8.31. The first kappa shape index (κ1) is 20.9. The van der Waals surface area contributed by atoms with Crippen molar-refractivity contribution in [3.63, 3.8) is 0 Å². The van der Waals surface area contributed by atoms with Crippen LogP contribution in [0.25, 0.3) is 0 Å². The molecule has 1 fully saturated rings. The van der Waals surface area contributed by atoms with Crippen molar-refractivity contribution in [1.82, 2.24) is 15.2 Å². The molecule has 2 heterocycles. The lowest BCUT2D eigenvalue weighted by atomic mass is 10.1. The molecule has 1 aromatic heterocycles. The Labute approximate surface area is 183 Å². The van der Waals surface area contributed by atoms with Gasteiger partial charge in [0.25, 0.3) is 5.91 Å². The molecule has 0 saturated heterocycles. The summed E-state index contributed by atoms with van der Waals surface area (Å²) >= 11 is 0. The number of nitrogens with zero attached hydrogens (tertiary/aromatic N) is 2. The van der Waals surface area contributed by atoms with E-state index in [1.54, 1.807) is 36.5 Å². The molecule has 160 valence electrons. The average Bonchev–Trinajstić information content (AvgIpc) is 3.51. The first-order chi connectivity index (χ1) is 14.9. The van der Waals surface area contributed by atoms with E-state index in [1.807, 2.05) is 35.4 Å². The minimum atomic E-state index is -0.243. The number of allylic oxidation sites excluding steroid dienone is 3. The van der Waals surface area contributed by atoms with Gasteiger partial charge in [0.1, 0.15) is 11.9 Å². The maximum absolute atomic E-state index is 12.7. The Morgan fingerprint density at radius 3 is 2.58 bits per heavy atom. The number of benzene rings is 1. The number of ether oxygens (including phenoxy) is 1. The smallest absolute Gasteiger partial charge is 0.255 e. The normalized spacial score (nSPS) is 23.0. The first-order valence-electron chi connectivity index (χ1n) is 10.5. The highest BCUT2D eigenvalue weighted by atomic mass is 16.5. The number of hydrogen-bond acceptors (Lipinski definition) is 5. The summed E-state index contributed by atoms with van der Waals surface area (Å²) in [5.41, 5.74) is 10.0. The van der Waals surface area contributed by atoms with Crippen LogP contribution in [0.1, 0.15) is 37.6 Å². The van der Waals surface area contributed by atoms with Gasteiger partial charge in [0.2, 0.25) is 5.88 Å². The van der Waals surface area contributed by atoms with Crippen LogP contribution in [0.15, 0.2) is 84.0 Å². The fraction of sp³-hybridized carbons (Fsp3) is 0.280. The molecule has 2 aromatic rings. The highest BCUT2D eigenvalue weighted by Crippen LogP contribution is 2.45. The second kappa shape index (κ2) is 8.78. The standard InChI is InChI=1S/C25H28N4O2/c1-16-14-22(16)17(2)18(3)29-15-20(9-12-23(29)26)28-25(30)19-7-10-21(11-8-19)31-24-6-4-5-13-27-24/h4-13,15-16,22-23H,14,26H2,1-3H3,(H,28,30)/b18-17+. The molecule has 1 aliphatic carbocycles. The Kier molecular flexibility index (Phi) is 5.91. The van der Waals surface area contributed by atoms with Crippen molar-refractivity contribution in [1.29, 1.82) is 0 Å². The van der Waals surface area contributed by atoms with E-state index in [0.29, 0.717) is 28.8 Å². The lowest BCUT2D eigenvalue weighted by Gasteiger charge is -2.31. The van der Waals surface area contributed by atoms with Gasteiger partial charge in [0, 0.05) is 29.7 Å². The van der Waals surface area contributed by atoms with Gasteiger partial charge in [-0.25, -0.2) is 4.98 Å². The minimum Gasteiger partial charge on any atom is -0.439 e. The predicted octanol–water partition coefficient (Wildman–Crippen LogP) is 4.55. The van der Waals surface area contributed by atoms with Crippen LogP contribution in [0.2, 0.25) is 0 Å². The SMILES string of the molecule is C/C(=C(/C)N1C=C(NC(=O)c2ccc(Oc3ccccn3)cc2)C=CC1N)C1CC1C. The van der Waals surface area contributed by atoms with Gasteiger partial charge in [-0.15, -0.1) is 0 Å². The molecule has 4 rings (SSSR count). The minimum absolute atomic E-state index is 0.190. The fourth-order valence-corrected chi connectivity index (χ4v) is 3.77. The molecule has 1 aromatic carbocycles. The zero-order valence-electron chi connectivity index (χ0n) is 18.1. The van der Waals surface area contributed by atoms with E-state index in [4.69, 9.17) is 10.5 Å². The topological polar surface area (TPSA) is 80.5 Å². The lowest BCUT2D eigenvalue weighted by Crippen LogP contribution is -2.39. The van der Waals surface area contributed by atoms with Gasteiger partial charge in [0.05, 0.1) is 5.70 Å². The Hall–Kier alpha value is -3.38. The van der Waals surface area contributed by atoms with Crippen LogP contribution in [0, 0.1) is 11.8 Å². The van der Waals surface area contributed by atoms with Crippen molar-refractivity contribution in [3.05, 3.63) is 89.5 Å². The lowest BCUT2D eigenvalue weighted by molar-refractivity contribution is 0.0966. The Balaban J connectivity index is 1.43. The van der Waals surface area contributed by atoms with Crippen LogP contribution in [0.3, 0.4) is 0 Å². The molecular weight excluding hydrogens is 388 g/mol. The van der Waals surface area contributed by atoms with Crippen molar-refractivity contribution in [2.45, 2.75) is 33.4 Å². The van der Waals surface area contributed by atoms with E-state index in [-0.39, 0.29) is 12.1 Å². The number of carbonyl (C=O) groups excluding carboxylic acids is 1. The third-order valence-corrected chi connectivity index (χ3v) is 5.93. The molecule has 31 heavy (non-hydrogen) atoms. The van der Waals surface area contributed by atoms with Crippen LogP contribution in [-0.4, -0.2) is 22.0 Å². The number of hydrogen-bond donors (Lipinski definition) is 2. The Morgan fingerprint density at radius 2 is 1.94 bits per heavy atom. The Morgan fingerprint density at radius 1 is 1.19 bits per heavy atom. The van der Waals surface area contributed by atoms with E-state index in [9.17, 15) is 4.79 Å². The van der Waals surface area contributed by atoms with Gasteiger partial charge >= 0.3 is 0 Å². The molecule has 3 atom stereocenters. The van der Waals surface area contributed by atoms with Gasteiger partial charge in [-0.05, 0) is 74.6 Å². The maximum Gasteiger partial charge on any atom is 0.255 e. The number of carbonyl (C=O) groups is 1. The third-order valence-electron chi connectivity index (χ3n) is 5.93. The fourth-order valence-electron chi connectivity index (χ4n) is 3.77. The van der Waals surface area contributed by atoms with Crippen molar-refractivity contribution < 1.29 is 9.53 Å². The van der Waals surface area contributed by atoms with E-state index < -0.39 is 0 Å². The van der Waals surface area contributed by atoms with Gasteiger partial charge < -0.3 is 20.7 Å². The van der Waals surface area contributed by atoms with E-state index >= 15 is 0 Å². The third kappa shape index (κ3) is 4.86. The van der Waals surface area contributed by atoms with Crippen LogP contribution in [0.5, 0.6) is 11.6 Å². The quantitative estimate of drug-likeness (QED) is 0.722. The number of amides is 1. The summed E-state index contributed by atoms with van der Waals surface area (Å²) in [4.78, 5) is 18.9. The zero-order valence-corrected chi connectivity index (χ0v) is 18.1. The molecule has 3 unspecified atom stereocenters. The summed E-state index contributed by atoms with van der Waals surface area (Å²) in [5, 5.41) is 2.96. The molecule has 3 N–H and O–H groups in total. The van der Waals surface area contributed by atoms with Gasteiger partial charge in [0.15, 0.2) is 0 Å². The van der Waals surface area contributed by atoms with Gasteiger partial charge in [-0.1, -0.05) is 18.6 Å². The number of nitrogens with one attached hydrogen (secondary N) is 1. The van der Waals surface area contributed by atoms with Crippen LogP contribution in [0.4, 0.5) is 0 Å². The molecule has 2 aliphatic rings. The van der Waals surface area contributed by atoms with Gasteiger partial charge in [-0.3, -0.25) is 4.79 Å². The number of aromatic nitrogens is 1. The molecule has 1 saturated carbocycles. The Bertz CT molecular complexity index is 1040. The summed E-state index contributed by atoms with van der Waals surface area (Å²) < 4.78 is 5.68. The monoisotopic (exact) mass is 416 g/mol. The zero-order chi connectivity index (χ0) is 22.0. The van der Waals surface area contributed by atoms with E-state index in [2.05, 4.69) is 31.1 Å². The maximum atomic E-state index is 12.7. The average molecular weight is 417 g/mol. The summed E-state index contributed by atoms with van der Waals surface area (Å²) in [5.74, 6) is 2.31. The molecule has 0 radical (unpaired) electrons. The molecule has 1 amide bonds. The van der Waals surface area contributed by atoms with Gasteiger partial charge in [-0.2, -0.15) is 0 Å². The van der Waals surface area contributed by atoms with Crippen molar-refractivity contribution in [2.75, 3.05) is 0 Å². The molecule has 6 heteroatoms. The van der Waals surface area contributed by atoms with Crippen molar-refractivity contribution in [3.8, 4) is 11.6 Å². The number of nitrogens with two attached hydrogens (primary N) is 1. The largest absolute Gasteiger partial charge is 0.439 e. The molecular formula is C25H28N4O2. The predicted molar refractivity (Wildman–Crippen MR) is 121 cm³/mol. The first-order valence-corrected chi connectivity index (χ1v) is 10.5.